The first-order valence-electron chi connectivity index (χ1n) is 4.75. The molecule has 0 aliphatic carbocycles. The van der Waals surface area contributed by atoms with Gasteiger partial charge in [0, 0.05) is 23.5 Å². The SMILES string of the molecule is O=C1CCN(c2c(F)cc(F)cc2Br)C(=O)N1. The average molecular weight is 305 g/mol. The van der Waals surface area contributed by atoms with Gasteiger partial charge in [-0.15, -0.1) is 0 Å². The number of benzene rings is 1. The fourth-order valence-corrected chi connectivity index (χ4v) is 2.19. The van der Waals surface area contributed by atoms with Gasteiger partial charge in [0.1, 0.15) is 5.82 Å². The number of nitrogens with zero attached hydrogens (tertiary/aromatic N) is 1. The lowest BCUT2D eigenvalue weighted by molar-refractivity contribution is -0.120. The molecule has 2 rings (SSSR count). The molecular weight excluding hydrogens is 298 g/mol. The third-order valence-electron chi connectivity index (χ3n) is 2.31. The van der Waals surface area contributed by atoms with Crippen molar-refractivity contribution in [3.63, 3.8) is 0 Å². The van der Waals surface area contributed by atoms with Gasteiger partial charge in [-0.2, -0.15) is 0 Å². The molecule has 0 aromatic heterocycles. The number of halogens is 3. The maximum absolute atomic E-state index is 13.6. The minimum absolute atomic E-state index is 0.0613. The predicted octanol–water partition coefficient (Wildman–Crippen LogP) is 2.17. The van der Waals surface area contributed by atoms with E-state index in [2.05, 4.69) is 21.2 Å². The van der Waals surface area contributed by atoms with Crippen molar-refractivity contribution < 1.29 is 18.4 Å². The van der Waals surface area contributed by atoms with Gasteiger partial charge in [0.25, 0.3) is 0 Å². The fraction of sp³-hybridized carbons (Fsp3) is 0.200. The lowest BCUT2D eigenvalue weighted by atomic mass is 10.2. The number of amides is 3. The Hall–Kier alpha value is -1.50. The molecule has 0 spiro atoms. The first kappa shape index (κ1) is 12.0. The van der Waals surface area contributed by atoms with Gasteiger partial charge in [0.05, 0.1) is 5.69 Å². The molecule has 0 radical (unpaired) electrons. The van der Waals surface area contributed by atoms with Crippen LogP contribution in [0.3, 0.4) is 0 Å². The number of nitrogens with one attached hydrogen (secondary N) is 1. The molecule has 1 aromatic carbocycles. The Labute approximate surface area is 104 Å². The quantitative estimate of drug-likeness (QED) is 0.864. The summed E-state index contributed by atoms with van der Waals surface area (Å²) in [6.07, 6.45) is 0.0784. The molecule has 3 amide bonds. The second-order valence-electron chi connectivity index (χ2n) is 3.47. The number of rotatable bonds is 1. The van der Waals surface area contributed by atoms with Crippen LogP contribution in [0.1, 0.15) is 6.42 Å². The highest BCUT2D eigenvalue weighted by Crippen LogP contribution is 2.31. The summed E-state index contributed by atoms with van der Waals surface area (Å²) in [5.74, 6) is -2.02. The van der Waals surface area contributed by atoms with E-state index in [0.717, 1.165) is 11.0 Å². The van der Waals surface area contributed by atoms with Crippen molar-refractivity contribution in [2.75, 3.05) is 11.4 Å². The van der Waals surface area contributed by atoms with E-state index in [1.165, 1.54) is 0 Å². The zero-order chi connectivity index (χ0) is 12.6. The van der Waals surface area contributed by atoms with Crippen molar-refractivity contribution in [1.82, 2.24) is 5.32 Å². The summed E-state index contributed by atoms with van der Waals surface area (Å²) in [6.45, 7) is 0.0613. The van der Waals surface area contributed by atoms with E-state index in [1.54, 1.807) is 0 Å². The Morgan fingerprint density at radius 2 is 2.00 bits per heavy atom. The molecule has 1 aromatic rings. The molecule has 1 fully saturated rings. The Kier molecular flexibility index (Phi) is 3.10. The molecule has 1 heterocycles. The van der Waals surface area contributed by atoms with E-state index in [4.69, 9.17) is 0 Å². The standard InChI is InChI=1S/C10H7BrF2N2O2/c11-6-3-5(12)4-7(13)9(6)15-2-1-8(16)14-10(15)17/h3-4H,1-2H2,(H,14,16,17). The zero-order valence-electron chi connectivity index (χ0n) is 8.47. The summed E-state index contributed by atoms with van der Waals surface area (Å²) in [4.78, 5) is 23.5. The number of hydrogen-bond acceptors (Lipinski definition) is 2. The summed E-state index contributed by atoms with van der Waals surface area (Å²) >= 11 is 2.99. The molecule has 1 aliphatic heterocycles. The van der Waals surface area contributed by atoms with E-state index in [1.807, 2.05) is 0 Å². The number of urea groups is 1. The zero-order valence-corrected chi connectivity index (χ0v) is 10.1. The molecule has 0 bridgehead atoms. The number of carbonyl (C=O) groups excluding carboxylic acids is 2. The van der Waals surface area contributed by atoms with Crippen molar-refractivity contribution >= 4 is 33.6 Å². The fourth-order valence-electron chi connectivity index (χ4n) is 1.57. The van der Waals surface area contributed by atoms with Crippen molar-refractivity contribution in [1.29, 1.82) is 0 Å². The Balaban J connectivity index is 2.40. The number of imide groups is 1. The summed E-state index contributed by atoms with van der Waals surface area (Å²) in [6, 6.07) is 1.03. The van der Waals surface area contributed by atoms with Crippen LogP contribution in [0.4, 0.5) is 19.3 Å². The van der Waals surface area contributed by atoms with Gasteiger partial charge in [-0.05, 0) is 22.0 Å². The minimum Gasteiger partial charge on any atom is -0.290 e. The summed E-state index contributed by atoms with van der Waals surface area (Å²) in [7, 11) is 0. The average Bonchev–Trinajstić information content (AvgIpc) is 2.19. The van der Waals surface area contributed by atoms with Gasteiger partial charge in [0.15, 0.2) is 5.82 Å². The summed E-state index contributed by atoms with van der Waals surface area (Å²) in [5, 5.41) is 2.06. The first-order chi connectivity index (χ1) is 7.99. The predicted molar refractivity (Wildman–Crippen MR) is 59.6 cm³/mol. The second-order valence-corrected chi connectivity index (χ2v) is 4.33. The van der Waals surface area contributed by atoms with E-state index in [0.29, 0.717) is 6.07 Å². The number of hydrogen-bond donors (Lipinski definition) is 1. The highest BCUT2D eigenvalue weighted by molar-refractivity contribution is 9.10. The Morgan fingerprint density at radius 3 is 2.59 bits per heavy atom. The van der Waals surface area contributed by atoms with Crippen LogP contribution in [0, 0.1) is 11.6 Å². The van der Waals surface area contributed by atoms with Crippen molar-refractivity contribution in [2.45, 2.75) is 6.42 Å². The van der Waals surface area contributed by atoms with E-state index >= 15 is 0 Å². The maximum atomic E-state index is 13.6. The monoisotopic (exact) mass is 304 g/mol. The molecule has 7 heteroatoms. The van der Waals surface area contributed by atoms with Gasteiger partial charge in [0.2, 0.25) is 5.91 Å². The molecule has 1 saturated heterocycles. The molecule has 4 nitrogen and oxygen atoms in total. The second kappa shape index (κ2) is 4.40. The molecule has 0 unspecified atom stereocenters. The molecule has 1 aliphatic rings. The van der Waals surface area contributed by atoms with Gasteiger partial charge in [-0.25, -0.2) is 13.6 Å². The van der Waals surface area contributed by atoms with E-state index in [9.17, 15) is 18.4 Å². The lowest BCUT2D eigenvalue weighted by Crippen LogP contribution is -2.50. The highest BCUT2D eigenvalue weighted by Gasteiger charge is 2.28. The van der Waals surface area contributed by atoms with Gasteiger partial charge >= 0.3 is 6.03 Å². The van der Waals surface area contributed by atoms with Crippen LogP contribution in [-0.4, -0.2) is 18.5 Å². The largest absolute Gasteiger partial charge is 0.328 e. The maximum Gasteiger partial charge on any atom is 0.328 e. The Bertz CT molecular complexity index is 484. The van der Waals surface area contributed by atoms with Crippen molar-refractivity contribution in [3.05, 3.63) is 28.2 Å². The van der Waals surface area contributed by atoms with E-state index < -0.39 is 23.6 Å². The summed E-state index contributed by atoms with van der Waals surface area (Å²) < 4.78 is 26.6. The smallest absolute Gasteiger partial charge is 0.290 e. The van der Waals surface area contributed by atoms with Crippen molar-refractivity contribution in [2.24, 2.45) is 0 Å². The van der Waals surface area contributed by atoms with Crippen LogP contribution in [0.15, 0.2) is 16.6 Å². The van der Waals surface area contributed by atoms with Crippen LogP contribution in [0.25, 0.3) is 0 Å². The normalized spacial score (nSPS) is 16.1. The Morgan fingerprint density at radius 1 is 1.29 bits per heavy atom. The third kappa shape index (κ3) is 2.28. The van der Waals surface area contributed by atoms with E-state index in [-0.39, 0.29) is 23.1 Å². The molecule has 0 saturated carbocycles. The first-order valence-corrected chi connectivity index (χ1v) is 5.54. The highest BCUT2D eigenvalue weighted by atomic mass is 79.9. The third-order valence-corrected chi connectivity index (χ3v) is 2.91. The molecule has 90 valence electrons. The lowest BCUT2D eigenvalue weighted by Gasteiger charge is -2.27. The van der Waals surface area contributed by atoms with Gasteiger partial charge in [-0.3, -0.25) is 15.0 Å². The van der Waals surface area contributed by atoms with Crippen LogP contribution in [-0.2, 0) is 4.79 Å². The molecule has 1 N–H and O–H groups in total. The van der Waals surface area contributed by atoms with Crippen molar-refractivity contribution in [3.8, 4) is 0 Å². The molecule has 17 heavy (non-hydrogen) atoms. The van der Waals surface area contributed by atoms with Crippen LogP contribution < -0.4 is 10.2 Å². The number of anilines is 1. The topological polar surface area (TPSA) is 49.4 Å². The van der Waals surface area contributed by atoms with Crippen LogP contribution in [0.2, 0.25) is 0 Å². The minimum atomic E-state index is -0.860. The van der Waals surface area contributed by atoms with Gasteiger partial charge < -0.3 is 0 Å². The molecule has 0 atom stereocenters. The molecular formula is C10H7BrF2N2O2. The van der Waals surface area contributed by atoms with Crippen LogP contribution >= 0.6 is 15.9 Å². The number of carbonyl (C=O) groups is 2. The summed E-state index contributed by atoms with van der Waals surface area (Å²) in [5.41, 5.74) is -0.0728. The van der Waals surface area contributed by atoms with Gasteiger partial charge in [-0.1, -0.05) is 0 Å². The van der Waals surface area contributed by atoms with Crippen LogP contribution in [0.5, 0.6) is 0 Å².